The van der Waals surface area contributed by atoms with Crippen molar-refractivity contribution in [2.75, 3.05) is 13.6 Å². The molecule has 1 aromatic heterocycles. The lowest BCUT2D eigenvalue weighted by Gasteiger charge is -2.23. The van der Waals surface area contributed by atoms with Gasteiger partial charge in [-0.25, -0.2) is 0 Å². The summed E-state index contributed by atoms with van der Waals surface area (Å²) in [6, 6.07) is 8.21. The van der Waals surface area contributed by atoms with E-state index in [1.54, 1.807) is 0 Å². The Morgan fingerprint density at radius 1 is 1.24 bits per heavy atom. The summed E-state index contributed by atoms with van der Waals surface area (Å²) < 4.78 is 11.0. The molecule has 0 radical (unpaired) electrons. The van der Waals surface area contributed by atoms with Gasteiger partial charge in [-0.05, 0) is 57.4 Å². The number of nitrogens with zero attached hydrogens (tertiary/aromatic N) is 2. The molecule has 1 aliphatic carbocycles. The van der Waals surface area contributed by atoms with Crippen molar-refractivity contribution in [3.05, 3.63) is 46.8 Å². The Morgan fingerprint density at radius 3 is 2.60 bits per heavy atom. The number of ether oxygens (including phenoxy) is 1. The van der Waals surface area contributed by atoms with Crippen LogP contribution in [0.1, 0.15) is 41.8 Å². The SMILES string of the molecule is Cc1noc(C)c1COc1ccc(CN(C)CC2CCCC2O)cc1. The summed E-state index contributed by atoms with van der Waals surface area (Å²) in [4.78, 5) is 2.29. The van der Waals surface area contributed by atoms with Crippen molar-refractivity contribution in [2.24, 2.45) is 5.92 Å². The maximum absolute atomic E-state index is 9.96. The van der Waals surface area contributed by atoms with Crippen LogP contribution >= 0.6 is 0 Å². The van der Waals surface area contributed by atoms with E-state index < -0.39 is 0 Å². The number of aliphatic hydroxyl groups is 1. The van der Waals surface area contributed by atoms with Crippen molar-refractivity contribution in [3.8, 4) is 5.75 Å². The predicted molar refractivity (Wildman–Crippen MR) is 96.4 cm³/mol. The highest BCUT2D eigenvalue weighted by atomic mass is 16.5. The lowest BCUT2D eigenvalue weighted by molar-refractivity contribution is 0.108. The van der Waals surface area contributed by atoms with E-state index in [2.05, 4.69) is 29.2 Å². The summed E-state index contributed by atoms with van der Waals surface area (Å²) in [5.74, 6) is 2.07. The molecule has 1 heterocycles. The Balaban J connectivity index is 1.50. The van der Waals surface area contributed by atoms with Crippen LogP contribution < -0.4 is 4.74 Å². The second-order valence-electron chi connectivity index (χ2n) is 7.19. The van der Waals surface area contributed by atoms with Gasteiger partial charge in [-0.2, -0.15) is 0 Å². The number of aromatic nitrogens is 1. The molecule has 1 aromatic carbocycles. The number of hydrogen-bond donors (Lipinski definition) is 1. The maximum Gasteiger partial charge on any atom is 0.140 e. The van der Waals surface area contributed by atoms with Gasteiger partial charge in [0.15, 0.2) is 0 Å². The minimum absolute atomic E-state index is 0.123. The van der Waals surface area contributed by atoms with Crippen LogP contribution in [0.25, 0.3) is 0 Å². The van der Waals surface area contributed by atoms with Crippen LogP contribution in [0.3, 0.4) is 0 Å². The van der Waals surface area contributed by atoms with Crippen LogP contribution in [0.15, 0.2) is 28.8 Å². The lowest BCUT2D eigenvalue weighted by atomic mass is 10.1. The molecule has 1 aliphatic rings. The van der Waals surface area contributed by atoms with Crippen molar-refractivity contribution < 1.29 is 14.4 Å². The molecular weight excluding hydrogens is 316 g/mol. The molecule has 5 nitrogen and oxygen atoms in total. The third kappa shape index (κ3) is 4.61. The molecule has 3 rings (SSSR count). The van der Waals surface area contributed by atoms with Gasteiger partial charge in [0.05, 0.1) is 17.4 Å². The standard InChI is InChI=1S/C20H28N2O3/c1-14-19(15(2)25-21-14)13-24-18-9-7-16(8-10-18)11-22(3)12-17-5-4-6-20(17)23/h7-10,17,20,23H,4-6,11-13H2,1-3H3. The van der Waals surface area contributed by atoms with Gasteiger partial charge in [0.2, 0.25) is 0 Å². The van der Waals surface area contributed by atoms with Crippen molar-refractivity contribution in [3.63, 3.8) is 0 Å². The zero-order chi connectivity index (χ0) is 17.8. The summed E-state index contributed by atoms with van der Waals surface area (Å²) in [6.45, 7) is 6.13. The third-order valence-electron chi connectivity index (χ3n) is 5.11. The van der Waals surface area contributed by atoms with Crippen LogP contribution in [-0.2, 0) is 13.2 Å². The molecule has 0 amide bonds. The summed E-state index contributed by atoms with van der Waals surface area (Å²) in [7, 11) is 2.12. The fourth-order valence-electron chi connectivity index (χ4n) is 3.56. The summed E-state index contributed by atoms with van der Waals surface area (Å²) >= 11 is 0. The van der Waals surface area contributed by atoms with Crippen LogP contribution in [0.4, 0.5) is 0 Å². The fourth-order valence-corrected chi connectivity index (χ4v) is 3.56. The molecule has 2 aromatic rings. The number of rotatable bonds is 7. The Kier molecular flexibility index (Phi) is 5.76. The number of aliphatic hydroxyl groups excluding tert-OH is 1. The quantitative estimate of drug-likeness (QED) is 0.833. The van der Waals surface area contributed by atoms with Gasteiger partial charge in [0.1, 0.15) is 18.1 Å². The van der Waals surface area contributed by atoms with E-state index in [4.69, 9.17) is 9.26 Å². The molecule has 0 bridgehead atoms. The van der Waals surface area contributed by atoms with Gasteiger partial charge in [0, 0.05) is 13.1 Å². The van der Waals surface area contributed by atoms with Gasteiger partial charge < -0.3 is 19.3 Å². The molecule has 0 saturated heterocycles. The third-order valence-corrected chi connectivity index (χ3v) is 5.11. The highest BCUT2D eigenvalue weighted by Crippen LogP contribution is 2.26. The maximum atomic E-state index is 9.96. The Morgan fingerprint density at radius 2 is 2.00 bits per heavy atom. The highest BCUT2D eigenvalue weighted by Gasteiger charge is 2.26. The van der Waals surface area contributed by atoms with E-state index in [9.17, 15) is 5.11 Å². The van der Waals surface area contributed by atoms with Gasteiger partial charge in [-0.3, -0.25) is 0 Å². The van der Waals surface area contributed by atoms with Gasteiger partial charge >= 0.3 is 0 Å². The summed E-state index contributed by atoms with van der Waals surface area (Å²) in [5, 5.41) is 13.9. The molecular formula is C20H28N2O3. The normalized spacial score (nSPS) is 20.4. The van der Waals surface area contributed by atoms with Crippen molar-refractivity contribution >= 4 is 0 Å². The minimum atomic E-state index is -0.123. The molecule has 2 atom stereocenters. The first-order chi connectivity index (χ1) is 12.0. The predicted octanol–water partition coefficient (Wildman–Crippen LogP) is 3.46. The smallest absolute Gasteiger partial charge is 0.140 e. The molecule has 1 fully saturated rings. The monoisotopic (exact) mass is 344 g/mol. The number of hydrogen-bond acceptors (Lipinski definition) is 5. The second-order valence-corrected chi connectivity index (χ2v) is 7.19. The van der Waals surface area contributed by atoms with E-state index in [-0.39, 0.29) is 6.10 Å². The van der Waals surface area contributed by atoms with Crippen LogP contribution in [0.2, 0.25) is 0 Å². The zero-order valence-electron chi connectivity index (χ0n) is 15.4. The first-order valence-corrected chi connectivity index (χ1v) is 9.03. The molecule has 25 heavy (non-hydrogen) atoms. The Hall–Kier alpha value is -1.85. The molecule has 1 saturated carbocycles. The zero-order valence-corrected chi connectivity index (χ0v) is 15.4. The Bertz CT molecular complexity index is 661. The topological polar surface area (TPSA) is 58.7 Å². The highest BCUT2D eigenvalue weighted by molar-refractivity contribution is 5.28. The molecule has 2 unspecified atom stereocenters. The van der Waals surface area contributed by atoms with Crippen LogP contribution in [0.5, 0.6) is 5.75 Å². The van der Waals surface area contributed by atoms with E-state index >= 15 is 0 Å². The lowest BCUT2D eigenvalue weighted by Crippen LogP contribution is -2.29. The first-order valence-electron chi connectivity index (χ1n) is 9.03. The summed E-state index contributed by atoms with van der Waals surface area (Å²) in [5.41, 5.74) is 3.14. The fraction of sp³-hybridized carbons (Fsp3) is 0.550. The molecule has 1 N–H and O–H groups in total. The largest absolute Gasteiger partial charge is 0.489 e. The minimum Gasteiger partial charge on any atom is -0.489 e. The second kappa shape index (κ2) is 8.02. The van der Waals surface area contributed by atoms with Gasteiger partial charge in [-0.15, -0.1) is 0 Å². The van der Waals surface area contributed by atoms with Crippen molar-refractivity contribution in [2.45, 2.75) is 52.4 Å². The Labute approximate surface area is 149 Å². The average molecular weight is 344 g/mol. The van der Waals surface area contributed by atoms with Gasteiger partial charge in [-0.1, -0.05) is 23.7 Å². The van der Waals surface area contributed by atoms with Crippen molar-refractivity contribution in [1.29, 1.82) is 0 Å². The van der Waals surface area contributed by atoms with E-state index in [1.807, 2.05) is 26.0 Å². The van der Waals surface area contributed by atoms with Crippen LogP contribution in [-0.4, -0.2) is 34.9 Å². The summed E-state index contributed by atoms with van der Waals surface area (Å²) in [6.07, 6.45) is 3.12. The van der Waals surface area contributed by atoms with Crippen molar-refractivity contribution in [1.82, 2.24) is 10.1 Å². The van der Waals surface area contributed by atoms with E-state index in [0.717, 1.165) is 55.1 Å². The van der Waals surface area contributed by atoms with Gasteiger partial charge in [0.25, 0.3) is 0 Å². The molecule has 0 spiro atoms. The molecule has 5 heteroatoms. The van der Waals surface area contributed by atoms with E-state index in [0.29, 0.717) is 12.5 Å². The number of benzene rings is 1. The van der Waals surface area contributed by atoms with E-state index in [1.165, 1.54) is 5.56 Å². The molecule has 136 valence electrons. The average Bonchev–Trinajstić information content (AvgIpc) is 3.13. The first kappa shape index (κ1) is 18.0. The van der Waals surface area contributed by atoms with Crippen LogP contribution in [0, 0.1) is 19.8 Å². The number of aryl methyl sites for hydroxylation is 2. The molecule has 0 aliphatic heterocycles.